The molecule has 172 valence electrons. The fraction of sp³-hybridized carbons (Fsp3) is 0.273. The molecule has 0 aliphatic carbocycles. The number of hydrogen-bond donors (Lipinski definition) is 0. The van der Waals surface area contributed by atoms with E-state index in [2.05, 4.69) is 0 Å². The average Bonchev–Trinajstić information content (AvgIpc) is 3.53. The normalized spacial score (nSPS) is 9.88. The van der Waals surface area contributed by atoms with E-state index in [4.69, 9.17) is 8.83 Å². The van der Waals surface area contributed by atoms with Crippen molar-refractivity contribution in [2.24, 2.45) is 0 Å². The van der Waals surface area contributed by atoms with Gasteiger partial charge in [-0.05, 0) is 38.1 Å². The summed E-state index contributed by atoms with van der Waals surface area (Å²) in [5.74, 6) is 0.855. The van der Waals surface area contributed by atoms with Gasteiger partial charge in [0.05, 0.1) is 22.3 Å². The second-order valence-electron chi connectivity index (χ2n) is 6.79. The fourth-order valence-electron chi connectivity index (χ4n) is 2.67. The molecule has 0 radical (unpaired) electrons. The van der Waals surface area contributed by atoms with Crippen molar-refractivity contribution in [3.05, 3.63) is 80.5 Å². The second kappa shape index (κ2) is 13.0. The van der Waals surface area contributed by atoms with Gasteiger partial charge in [0.25, 0.3) is 11.6 Å². The summed E-state index contributed by atoms with van der Waals surface area (Å²) in [6, 6.07) is 6.84. The molecule has 0 saturated carbocycles. The van der Waals surface area contributed by atoms with Crippen LogP contribution in [0.1, 0.15) is 42.3 Å². The molecule has 0 bridgehead atoms. The number of Topliss-reactive ketones (excluding diaryl/α,β-unsaturated/α-hetero) is 2. The molecule has 0 aliphatic heterocycles. The van der Waals surface area contributed by atoms with Crippen LogP contribution < -0.4 is 43.1 Å². The number of furan rings is 2. The summed E-state index contributed by atoms with van der Waals surface area (Å²) in [6.45, 7) is 8.83. The fourth-order valence-corrected chi connectivity index (χ4v) is 4.28. The van der Waals surface area contributed by atoms with E-state index in [9.17, 15) is 9.59 Å². The van der Waals surface area contributed by atoms with Crippen LogP contribution in [0, 0.1) is 27.7 Å². The molecule has 0 unspecified atom stereocenters. The van der Waals surface area contributed by atoms with Gasteiger partial charge in [0.1, 0.15) is 0 Å². The lowest BCUT2D eigenvalue weighted by Crippen LogP contribution is -3.00. The van der Waals surface area contributed by atoms with Crippen molar-refractivity contribution in [2.75, 3.05) is 0 Å². The Balaban J connectivity index is 0.000000301. The molecule has 4 aromatic heterocycles. The Kier molecular flexibility index (Phi) is 11.4. The SMILES string of the molecule is Cc1sc[n+](CC(=O)c2ccco2)c1C.Cc1sc[n+](CC(=O)c2ccco2)c1C.[Br-].[Br-]. The Morgan fingerprint density at radius 3 is 1.38 bits per heavy atom. The van der Waals surface area contributed by atoms with Gasteiger partial charge in [-0.1, -0.05) is 22.7 Å². The maximum atomic E-state index is 11.7. The van der Waals surface area contributed by atoms with Crippen LogP contribution >= 0.6 is 22.7 Å². The predicted octanol–water partition coefficient (Wildman–Crippen LogP) is -1.74. The summed E-state index contributed by atoms with van der Waals surface area (Å²) in [5.41, 5.74) is 6.21. The van der Waals surface area contributed by atoms with Gasteiger partial charge in [-0.15, -0.1) is 0 Å². The predicted molar refractivity (Wildman–Crippen MR) is 114 cm³/mol. The van der Waals surface area contributed by atoms with Crippen molar-refractivity contribution in [3.8, 4) is 0 Å². The monoisotopic (exact) mass is 602 g/mol. The second-order valence-corrected chi connectivity index (χ2v) is 8.90. The number of halogens is 2. The average molecular weight is 604 g/mol. The van der Waals surface area contributed by atoms with Gasteiger partial charge in [0.2, 0.25) is 24.1 Å². The quantitative estimate of drug-likeness (QED) is 0.194. The van der Waals surface area contributed by atoms with Crippen LogP contribution in [0.25, 0.3) is 0 Å². The molecular weight excluding hydrogens is 580 g/mol. The zero-order chi connectivity index (χ0) is 21.7. The molecule has 0 aromatic carbocycles. The highest BCUT2D eigenvalue weighted by Gasteiger charge is 2.20. The first kappa shape index (κ1) is 28.2. The van der Waals surface area contributed by atoms with Gasteiger partial charge in [0, 0.05) is 13.8 Å². The third kappa shape index (κ3) is 7.06. The minimum atomic E-state index is 0. The van der Waals surface area contributed by atoms with Crippen molar-refractivity contribution in [1.82, 2.24) is 0 Å². The van der Waals surface area contributed by atoms with E-state index in [-0.39, 0.29) is 45.5 Å². The number of ketones is 2. The molecule has 10 heteroatoms. The minimum absolute atomic E-state index is 0. The van der Waals surface area contributed by atoms with Crippen molar-refractivity contribution in [2.45, 2.75) is 40.8 Å². The maximum Gasteiger partial charge on any atom is 0.262 e. The summed E-state index contributed by atoms with van der Waals surface area (Å²) in [6.07, 6.45) is 3.03. The minimum Gasteiger partial charge on any atom is -1.00 e. The van der Waals surface area contributed by atoms with Gasteiger partial charge in [-0.3, -0.25) is 9.59 Å². The van der Waals surface area contributed by atoms with Crippen molar-refractivity contribution in [3.63, 3.8) is 0 Å². The van der Waals surface area contributed by atoms with Crippen LogP contribution in [0.3, 0.4) is 0 Å². The number of thiazole rings is 2. The number of carbonyl (C=O) groups excluding carboxylic acids is 2. The highest BCUT2D eigenvalue weighted by atomic mass is 79.9. The van der Waals surface area contributed by atoms with Gasteiger partial charge < -0.3 is 42.8 Å². The number of aryl methyl sites for hydroxylation is 2. The van der Waals surface area contributed by atoms with E-state index >= 15 is 0 Å². The zero-order valence-corrected chi connectivity index (χ0v) is 22.9. The molecule has 32 heavy (non-hydrogen) atoms. The first-order chi connectivity index (χ1) is 14.4. The third-order valence-corrected chi connectivity index (χ3v) is 6.83. The summed E-state index contributed by atoms with van der Waals surface area (Å²) in [7, 11) is 0. The van der Waals surface area contributed by atoms with E-state index in [1.165, 1.54) is 22.3 Å². The molecule has 6 nitrogen and oxygen atoms in total. The Bertz CT molecular complexity index is 1040. The van der Waals surface area contributed by atoms with Crippen LogP contribution in [0.15, 0.2) is 56.6 Å². The first-order valence-corrected chi connectivity index (χ1v) is 11.1. The lowest BCUT2D eigenvalue weighted by molar-refractivity contribution is -0.684. The smallest absolute Gasteiger partial charge is 0.262 e. The lowest BCUT2D eigenvalue weighted by Gasteiger charge is -1.93. The standard InChI is InChI=1S/2C11H12NO2S.2BrH/c2*1-8-9(2)15-7-12(8)6-10(13)11-4-3-5-14-11;;/h2*3-5,7H,6H2,1-2H3;2*1H/q2*+1;;/p-2. The molecule has 4 rings (SSSR count). The number of rotatable bonds is 6. The van der Waals surface area contributed by atoms with Gasteiger partial charge >= 0.3 is 0 Å². The van der Waals surface area contributed by atoms with Crippen molar-refractivity contribution < 1.29 is 61.5 Å². The van der Waals surface area contributed by atoms with E-state index in [1.54, 1.807) is 46.9 Å². The van der Waals surface area contributed by atoms with E-state index in [0.29, 0.717) is 24.6 Å². The number of hydrogen-bond acceptors (Lipinski definition) is 6. The lowest BCUT2D eigenvalue weighted by atomic mass is 10.3. The Labute approximate surface area is 216 Å². The third-order valence-electron chi connectivity index (χ3n) is 4.81. The van der Waals surface area contributed by atoms with Crippen molar-refractivity contribution in [1.29, 1.82) is 0 Å². The molecule has 0 aliphatic rings. The number of nitrogens with zero attached hydrogens (tertiary/aromatic N) is 2. The van der Waals surface area contributed by atoms with Crippen LogP contribution in [-0.4, -0.2) is 11.6 Å². The molecule has 4 aromatic rings. The molecule has 0 saturated heterocycles. The van der Waals surface area contributed by atoms with Gasteiger partial charge in [0.15, 0.2) is 22.9 Å². The van der Waals surface area contributed by atoms with E-state index < -0.39 is 0 Å². The van der Waals surface area contributed by atoms with E-state index in [0.717, 1.165) is 11.4 Å². The molecule has 0 fully saturated rings. The maximum absolute atomic E-state index is 11.7. The molecule has 4 heterocycles. The number of carbonyl (C=O) groups is 2. The largest absolute Gasteiger partial charge is 1.00 e. The van der Waals surface area contributed by atoms with Crippen LogP contribution in [-0.2, 0) is 13.1 Å². The van der Waals surface area contributed by atoms with Crippen LogP contribution in [0.2, 0.25) is 0 Å². The Morgan fingerprint density at radius 2 is 1.12 bits per heavy atom. The Morgan fingerprint density at radius 1 is 0.750 bits per heavy atom. The molecule has 0 spiro atoms. The summed E-state index contributed by atoms with van der Waals surface area (Å²) < 4.78 is 14.0. The molecular formula is C22H24Br2N2O4S2. The number of aromatic nitrogens is 2. The van der Waals surface area contributed by atoms with Crippen molar-refractivity contribution >= 4 is 34.2 Å². The highest BCUT2D eigenvalue weighted by Crippen LogP contribution is 2.10. The summed E-state index contributed by atoms with van der Waals surface area (Å²) in [5, 5.41) is 0. The van der Waals surface area contributed by atoms with Gasteiger partial charge in [-0.2, -0.15) is 9.13 Å². The van der Waals surface area contributed by atoms with Crippen LogP contribution in [0.4, 0.5) is 0 Å². The first-order valence-electron chi connectivity index (χ1n) is 9.38. The van der Waals surface area contributed by atoms with E-state index in [1.807, 2.05) is 47.9 Å². The summed E-state index contributed by atoms with van der Waals surface area (Å²) >= 11 is 3.30. The summed E-state index contributed by atoms with van der Waals surface area (Å²) in [4.78, 5) is 25.9. The van der Waals surface area contributed by atoms with Gasteiger partial charge in [-0.25, -0.2) is 0 Å². The highest BCUT2D eigenvalue weighted by molar-refractivity contribution is 7.09. The molecule has 0 atom stereocenters. The Hall–Kier alpha value is -1.88. The molecule has 0 amide bonds. The van der Waals surface area contributed by atoms with Crippen LogP contribution in [0.5, 0.6) is 0 Å². The zero-order valence-electron chi connectivity index (χ0n) is 18.1. The topological polar surface area (TPSA) is 68.2 Å². The molecule has 0 N–H and O–H groups in total.